The van der Waals surface area contributed by atoms with Gasteiger partial charge in [-0.3, -0.25) is 13.9 Å². The number of aromatic nitrogens is 4. The Morgan fingerprint density at radius 2 is 2.08 bits per heavy atom. The lowest BCUT2D eigenvalue weighted by Crippen LogP contribution is -2.35. The molecular formula is C23H31N8O6P. The minimum atomic E-state index is -4.05. The van der Waals surface area contributed by atoms with Crippen molar-refractivity contribution in [3.05, 3.63) is 36.7 Å². The summed E-state index contributed by atoms with van der Waals surface area (Å²) in [4.78, 5) is 24.9. The van der Waals surface area contributed by atoms with Gasteiger partial charge in [-0.1, -0.05) is 18.2 Å². The molecule has 0 spiro atoms. The van der Waals surface area contributed by atoms with Crippen LogP contribution in [0.15, 0.2) is 36.7 Å². The molecule has 15 heteroatoms. The normalized spacial score (nSPS) is 21.5. The smallest absolute Gasteiger partial charge is 0.459 e. The minimum absolute atomic E-state index is 0.0643. The molecule has 38 heavy (non-hydrogen) atoms. The summed E-state index contributed by atoms with van der Waals surface area (Å²) in [5, 5.41) is 13.9. The van der Waals surface area contributed by atoms with Crippen LogP contribution in [0.2, 0.25) is 0 Å². The predicted molar refractivity (Wildman–Crippen MR) is 140 cm³/mol. The Hall–Kier alpha value is -3.58. The number of nitrogens with two attached hydrogens (primary N) is 1. The van der Waals surface area contributed by atoms with Gasteiger partial charge in [0.05, 0.1) is 26.1 Å². The maximum Gasteiger partial charge on any atom is 0.459 e. The van der Waals surface area contributed by atoms with Crippen molar-refractivity contribution >= 4 is 42.4 Å². The zero-order valence-corrected chi connectivity index (χ0v) is 22.3. The first kappa shape index (κ1) is 27.5. The van der Waals surface area contributed by atoms with Crippen molar-refractivity contribution in [2.45, 2.75) is 38.6 Å². The highest BCUT2D eigenvalue weighted by molar-refractivity contribution is 7.52. The molecule has 0 bridgehead atoms. The quantitative estimate of drug-likeness (QED) is 0.157. The number of nitrogens with zero attached hydrogens (tertiary/aromatic N) is 4. The van der Waals surface area contributed by atoms with E-state index in [-0.39, 0.29) is 18.5 Å². The van der Waals surface area contributed by atoms with E-state index in [0.29, 0.717) is 34.9 Å². The summed E-state index contributed by atoms with van der Waals surface area (Å²) < 4.78 is 37.8. The molecule has 0 radical (unpaired) electrons. The molecule has 2 aromatic heterocycles. The Morgan fingerprint density at radius 1 is 1.34 bits per heavy atom. The third kappa shape index (κ3) is 5.94. The number of nitrogen functional groups attached to an aromatic ring is 1. The van der Waals surface area contributed by atoms with E-state index in [4.69, 9.17) is 29.7 Å². The van der Waals surface area contributed by atoms with Gasteiger partial charge in [-0.05, 0) is 32.4 Å². The molecule has 0 saturated carbocycles. The highest BCUT2D eigenvalue weighted by Crippen LogP contribution is 2.46. The fourth-order valence-corrected chi connectivity index (χ4v) is 5.68. The van der Waals surface area contributed by atoms with Gasteiger partial charge in [-0.25, -0.2) is 9.55 Å². The van der Waals surface area contributed by atoms with Crippen molar-refractivity contribution < 1.29 is 27.9 Å². The molecule has 14 nitrogen and oxygen atoms in total. The number of rotatable bonds is 11. The van der Waals surface area contributed by atoms with Gasteiger partial charge in [-0.2, -0.15) is 15.1 Å². The number of nitrogens with one attached hydrogen (secondary N) is 3. The number of carbonyl (C=O) groups is 1. The van der Waals surface area contributed by atoms with Crippen LogP contribution in [0.25, 0.3) is 11.2 Å². The Kier molecular flexibility index (Phi) is 8.26. The van der Waals surface area contributed by atoms with Gasteiger partial charge in [0.1, 0.15) is 18.0 Å². The second-order valence-corrected chi connectivity index (χ2v) is 10.4. The lowest BCUT2D eigenvalue weighted by molar-refractivity contribution is -0.142. The molecular weight excluding hydrogens is 515 g/mol. The maximum atomic E-state index is 13.7. The Bertz CT molecular complexity index is 1350. The van der Waals surface area contributed by atoms with E-state index in [1.807, 2.05) is 0 Å². The summed E-state index contributed by atoms with van der Waals surface area (Å²) >= 11 is 0. The number of para-hydroxylation sites is 1. The van der Waals surface area contributed by atoms with Crippen molar-refractivity contribution in [3.8, 4) is 5.75 Å². The van der Waals surface area contributed by atoms with Crippen molar-refractivity contribution in [1.29, 1.82) is 5.41 Å². The summed E-state index contributed by atoms with van der Waals surface area (Å²) in [6, 6.07) is 7.50. The molecule has 1 aliphatic heterocycles. The zero-order chi connectivity index (χ0) is 27.4. The zero-order valence-electron chi connectivity index (χ0n) is 21.5. The second kappa shape index (κ2) is 11.4. The number of fused-ring (bicyclic) bond motifs is 1. The van der Waals surface area contributed by atoms with Crippen LogP contribution >= 0.6 is 7.75 Å². The number of benzene rings is 1. The first-order valence-electron chi connectivity index (χ1n) is 11.9. The summed E-state index contributed by atoms with van der Waals surface area (Å²) in [5.74, 6) is -0.143. The third-order valence-corrected chi connectivity index (χ3v) is 7.65. The Balaban J connectivity index is 1.55. The van der Waals surface area contributed by atoms with Gasteiger partial charge in [0.25, 0.3) is 0 Å². The van der Waals surface area contributed by atoms with E-state index in [0.717, 1.165) is 0 Å². The molecule has 1 fully saturated rings. The molecule has 204 valence electrons. The topological polar surface area (TPSA) is 189 Å². The van der Waals surface area contributed by atoms with Crippen LogP contribution in [0.5, 0.6) is 5.75 Å². The van der Waals surface area contributed by atoms with Crippen LogP contribution in [-0.2, 0) is 23.4 Å². The molecule has 1 aromatic carbocycles. The van der Waals surface area contributed by atoms with E-state index >= 15 is 0 Å². The maximum absolute atomic E-state index is 13.7. The molecule has 4 rings (SSSR count). The average Bonchev–Trinajstić information content (AvgIpc) is 3.51. The fourth-order valence-electron chi connectivity index (χ4n) is 4.16. The molecule has 3 heterocycles. The van der Waals surface area contributed by atoms with Crippen LogP contribution in [0.1, 0.15) is 26.5 Å². The van der Waals surface area contributed by atoms with Crippen LogP contribution in [0, 0.1) is 11.3 Å². The number of methoxy groups -OCH3 is 1. The van der Waals surface area contributed by atoms with E-state index in [2.05, 4.69) is 25.4 Å². The van der Waals surface area contributed by atoms with E-state index < -0.39 is 32.1 Å². The highest BCUT2D eigenvalue weighted by Gasteiger charge is 2.41. The van der Waals surface area contributed by atoms with Crippen LogP contribution in [0.3, 0.4) is 0 Å². The molecule has 0 amide bonds. The first-order chi connectivity index (χ1) is 18.1. The van der Waals surface area contributed by atoms with Gasteiger partial charge in [0.2, 0.25) is 5.95 Å². The summed E-state index contributed by atoms with van der Waals surface area (Å²) in [7, 11) is -1.11. The predicted octanol–water partition coefficient (Wildman–Crippen LogP) is 2.75. The van der Waals surface area contributed by atoms with E-state index in [9.17, 15) is 9.36 Å². The number of esters is 1. The van der Waals surface area contributed by atoms with Crippen molar-refractivity contribution in [2.75, 3.05) is 31.8 Å². The number of anilines is 2. The van der Waals surface area contributed by atoms with Gasteiger partial charge >= 0.3 is 13.7 Å². The largest absolute Gasteiger partial charge is 0.468 e. The van der Waals surface area contributed by atoms with Gasteiger partial charge in [-0.15, -0.1) is 0 Å². The molecule has 1 aliphatic rings. The van der Waals surface area contributed by atoms with Crippen LogP contribution in [-0.4, -0.2) is 64.1 Å². The number of ether oxygens (including phenoxy) is 2. The SMILES string of the molecule is CNc1nc(N)nc2c1ncn2[C@@H]1O[C@H](CO[P@@](=O)(N[C@@H](C)C(=O)OC)Oc2ccccc2)C[C@@H]1C(C)=N. The van der Waals surface area contributed by atoms with Crippen LogP contribution in [0.4, 0.5) is 11.8 Å². The minimum Gasteiger partial charge on any atom is -0.468 e. The molecule has 5 atom stereocenters. The number of hydrogen-bond acceptors (Lipinski definition) is 12. The van der Waals surface area contributed by atoms with Crippen molar-refractivity contribution in [2.24, 2.45) is 5.92 Å². The monoisotopic (exact) mass is 546 g/mol. The Morgan fingerprint density at radius 3 is 2.74 bits per heavy atom. The van der Waals surface area contributed by atoms with Crippen molar-refractivity contribution in [1.82, 2.24) is 24.6 Å². The standard InChI is InChI=1S/C23H31N8O6P/c1-13(24)17-10-16(36-21(17)31-12-27-18-19(26-3)28-23(25)29-20(18)31)11-35-38(33,30-14(2)22(32)34-4)37-15-8-6-5-7-9-15/h5-9,12,14,16-17,21,24H,10-11H2,1-4H3,(H,30,33)(H3,25,26,28,29)/t14-,16-,17+,21+,38-/m0/s1. The summed E-state index contributed by atoms with van der Waals surface area (Å²) in [6.07, 6.45) is 0.763. The lowest BCUT2D eigenvalue weighted by atomic mass is 9.98. The molecule has 1 saturated heterocycles. The second-order valence-electron chi connectivity index (χ2n) is 8.75. The third-order valence-electron chi connectivity index (χ3n) is 6.00. The molecule has 0 aliphatic carbocycles. The summed E-state index contributed by atoms with van der Waals surface area (Å²) in [6.45, 7) is 3.04. The van der Waals surface area contributed by atoms with E-state index in [1.54, 1.807) is 55.2 Å². The molecule has 5 N–H and O–H groups in total. The van der Waals surface area contributed by atoms with Gasteiger partial charge in [0.15, 0.2) is 17.0 Å². The van der Waals surface area contributed by atoms with Gasteiger partial charge < -0.3 is 30.5 Å². The van der Waals surface area contributed by atoms with Crippen molar-refractivity contribution in [3.63, 3.8) is 0 Å². The molecule has 3 aromatic rings. The van der Waals surface area contributed by atoms with Gasteiger partial charge in [0, 0.05) is 18.7 Å². The highest BCUT2D eigenvalue weighted by atomic mass is 31.2. The first-order valence-corrected chi connectivity index (χ1v) is 13.4. The molecule has 0 unspecified atom stereocenters. The Labute approximate surface area is 219 Å². The van der Waals surface area contributed by atoms with E-state index in [1.165, 1.54) is 14.0 Å². The fraction of sp³-hybridized carbons (Fsp3) is 0.435. The lowest BCUT2D eigenvalue weighted by Gasteiger charge is -2.24. The van der Waals surface area contributed by atoms with Crippen LogP contribution < -0.4 is 20.7 Å². The average molecular weight is 547 g/mol. The summed E-state index contributed by atoms with van der Waals surface area (Å²) in [5.41, 5.74) is 7.23. The number of imidazole rings is 1. The number of carbonyl (C=O) groups excluding carboxylic acids is 1. The number of hydrogen-bond donors (Lipinski definition) is 4.